The molecule has 132 valence electrons. The molecular weight excluding hydrogens is 320 g/mol. The lowest BCUT2D eigenvalue weighted by atomic mass is 10.0. The van der Waals surface area contributed by atoms with Gasteiger partial charge in [-0.25, -0.2) is 0 Å². The quantitative estimate of drug-likeness (QED) is 0.778. The van der Waals surface area contributed by atoms with Gasteiger partial charge in [0.05, 0.1) is 0 Å². The van der Waals surface area contributed by atoms with Gasteiger partial charge in [-0.05, 0) is 37.2 Å². The summed E-state index contributed by atoms with van der Waals surface area (Å²) in [4.78, 5) is 42.4. The number of rotatable bonds is 2. The molecule has 0 saturated carbocycles. The number of fused-ring (bicyclic) bond motifs is 1. The van der Waals surface area contributed by atoms with E-state index in [2.05, 4.69) is 28.2 Å². The summed E-state index contributed by atoms with van der Waals surface area (Å²) in [5.74, 6) is -0.742. The molecule has 1 N–H and O–H groups in total. The summed E-state index contributed by atoms with van der Waals surface area (Å²) in [6, 6.07) is 5.39. The van der Waals surface area contributed by atoms with Gasteiger partial charge in [0.2, 0.25) is 11.8 Å². The van der Waals surface area contributed by atoms with Gasteiger partial charge in [-0.1, -0.05) is 0 Å². The number of piperazine rings is 1. The maximum absolute atomic E-state index is 12.7. The Labute approximate surface area is 146 Å². The van der Waals surface area contributed by atoms with E-state index in [0.717, 1.165) is 37.4 Å². The number of hydrogen-bond donors (Lipinski definition) is 1. The van der Waals surface area contributed by atoms with Gasteiger partial charge in [-0.3, -0.25) is 19.7 Å². The molecule has 0 radical (unpaired) electrons. The fraction of sp³-hybridized carbons (Fsp3) is 0.500. The summed E-state index contributed by atoms with van der Waals surface area (Å²) in [5, 5.41) is 2.34. The molecule has 3 heterocycles. The van der Waals surface area contributed by atoms with E-state index in [1.807, 2.05) is 12.1 Å². The van der Waals surface area contributed by atoms with Crippen LogP contribution in [0.5, 0.6) is 0 Å². The largest absolute Gasteiger partial charge is 0.369 e. The highest BCUT2D eigenvalue weighted by molar-refractivity contribution is 6.05. The lowest BCUT2D eigenvalue weighted by molar-refractivity contribution is -0.136. The van der Waals surface area contributed by atoms with E-state index in [4.69, 9.17) is 0 Å². The number of hydrogen-bond acceptors (Lipinski definition) is 5. The highest BCUT2D eigenvalue weighted by atomic mass is 16.2. The van der Waals surface area contributed by atoms with Gasteiger partial charge in [-0.2, -0.15) is 0 Å². The Morgan fingerprint density at radius 3 is 2.56 bits per heavy atom. The Morgan fingerprint density at radius 1 is 1.08 bits per heavy atom. The van der Waals surface area contributed by atoms with Crippen LogP contribution in [0.1, 0.15) is 28.8 Å². The van der Waals surface area contributed by atoms with Crippen LogP contribution in [0.25, 0.3) is 0 Å². The number of carbonyl (C=O) groups is 3. The summed E-state index contributed by atoms with van der Waals surface area (Å²) < 4.78 is 0. The van der Waals surface area contributed by atoms with E-state index in [0.29, 0.717) is 18.5 Å². The van der Waals surface area contributed by atoms with Crippen molar-refractivity contribution in [2.24, 2.45) is 0 Å². The lowest BCUT2D eigenvalue weighted by Gasteiger charge is -2.34. The average Bonchev–Trinajstić information content (AvgIpc) is 2.92. The normalized spacial score (nSPS) is 24.5. The zero-order chi connectivity index (χ0) is 17.6. The molecule has 1 aromatic rings. The third-order valence-corrected chi connectivity index (χ3v) is 5.38. The molecule has 4 rings (SSSR count). The number of benzene rings is 1. The minimum atomic E-state index is -0.551. The molecule has 0 spiro atoms. The predicted octanol–water partition coefficient (Wildman–Crippen LogP) is 0.199. The molecular formula is C18H22N4O3. The van der Waals surface area contributed by atoms with Crippen LogP contribution in [0.4, 0.5) is 5.69 Å². The van der Waals surface area contributed by atoms with E-state index in [9.17, 15) is 14.4 Å². The van der Waals surface area contributed by atoms with Gasteiger partial charge in [0.25, 0.3) is 5.91 Å². The number of imide groups is 1. The fourth-order valence-corrected chi connectivity index (χ4v) is 3.82. The van der Waals surface area contributed by atoms with E-state index in [-0.39, 0.29) is 24.1 Å². The van der Waals surface area contributed by atoms with Gasteiger partial charge in [0.15, 0.2) is 0 Å². The van der Waals surface area contributed by atoms with Gasteiger partial charge >= 0.3 is 0 Å². The minimum Gasteiger partial charge on any atom is -0.369 e. The molecule has 2 saturated heterocycles. The molecule has 7 nitrogen and oxygen atoms in total. The summed E-state index contributed by atoms with van der Waals surface area (Å²) in [5.41, 5.74) is 2.76. The van der Waals surface area contributed by atoms with E-state index >= 15 is 0 Å². The molecule has 1 atom stereocenters. The van der Waals surface area contributed by atoms with Crippen LogP contribution >= 0.6 is 0 Å². The number of amides is 3. The topological polar surface area (TPSA) is 73.0 Å². The van der Waals surface area contributed by atoms with Gasteiger partial charge in [-0.15, -0.1) is 0 Å². The second-order valence-electron chi connectivity index (χ2n) is 7.03. The SMILES string of the molecule is CN1CCN(c2ccc3c(c2)CN(C2CCC(=O)NC2=O)C3=O)CC1. The van der Waals surface area contributed by atoms with Crippen LogP contribution in [-0.4, -0.2) is 66.8 Å². The number of nitrogens with zero attached hydrogens (tertiary/aromatic N) is 3. The molecule has 0 aliphatic carbocycles. The highest BCUT2D eigenvalue weighted by Gasteiger charge is 2.39. The van der Waals surface area contributed by atoms with Gasteiger partial charge < -0.3 is 14.7 Å². The maximum atomic E-state index is 12.7. The number of piperidine rings is 1. The first kappa shape index (κ1) is 16.1. The first-order valence-corrected chi connectivity index (χ1v) is 8.74. The van der Waals surface area contributed by atoms with Crippen molar-refractivity contribution in [3.8, 4) is 0 Å². The van der Waals surface area contributed by atoms with Crippen LogP contribution in [-0.2, 0) is 16.1 Å². The molecule has 0 bridgehead atoms. The van der Waals surface area contributed by atoms with Crippen LogP contribution in [0.2, 0.25) is 0 Å². The maximum Gasteiger partial charge on any atom is 0.255 e. The summed E-state index contributed by atoms with van der Waals surface area (Å²) >= 11 is 0. The smallest absolute Gasteiger partial charge is 0.255 e. The Kier molecular flexibility index (Phi) is 3.95. The third kappa shape index (κ3) is 2.89. The summed E-state index contributed by atoms with van der Waals surface area (Å²) in [6.45, 7) is 4.43. The number of nitrogens with one attached hydrogen (secondary N) is 1. The molecule has 7 heteroatoms. The number of likely N-dealkylation sites (N-methyl/N-ethyl adjacent to an activating group) is 1. The first-order valence-electron chi connectivity index (χ1n) is 8.74. The van der Waals surface area contributed by atoms with E-state index in [1.54, 1.807) is 4.90 Å². The summed E-state index contributed by atoms with van der Waals surface area (Å²) in [7, 11) is 2.12. The van der Waals surface area contributed by atoms with Crippen molar-refractivity contribution in [3.05, 3.63) is 29.3 Å². The lowest BCUT2D eigenvalue weighted by Crippen LogP contribution is -2.52. The van der Waals surface area contributed by atoms with Crippen LogP contribution in [0, 0.1) is 0 Å². The zero-order valence-corrected chi connectivity index (χ0v) is 14.3. The minimum absolute atomic E-state index is 0.116. The first-order chi connectivity index (χ1) is 12.0. The van der Waals surface area contributed by atoms with E-state index in [1.165, 1.54) is 0 Å². The molecule has 2 fully saturated rings. The average molecular weight is 342 g/mol. The van der Waals surface area contributed by atoms with Crippen LogP contribution in [0.3, 0.4) is 0 Å². The zero-order valence-electron chi connectivity index (χ0n) is 14.3. The van der Waals surface area contributed by atoms with Crippen molar-refractivity contribution in [1.29, 1.82) is 0 Å². The number of carbonyl (C=O) groups excluding carboxylic acids is 3. The van der Waals surface area contributed by atoms with Gasteiger partial charge in [0, 0.05) is 50.4 Å². The Hall–Kier alpha value is -2.41. The summed E-state index contributed by atoms with van der Waals surface area (Å²) in [6.07, 6.45) is 0.679. The fourth-order valence-electron chi connectivity index (χ4n) is 3.82. The van der Waals surface area contributed by atoms with Crippen LogP contribution < -0.4 is 10.2 Å². The van der Waals surface area contributed by atoms with Crippen molar-refractivity contribution in [2.75, 3.05) is 38.1 Å². The Balaban J connectivity index is 1.53. The van der Waals surface area contributed by atoms with Crippen LogP contribution in [0.15, 0.2) is 18.2 Å². The third-order valence-electron chi connectivity index (χ3n) is 5.38. The van der Waals surface area contributed by atoms with Crippen molar-refractivity contribution in [2.45, 2.75) is 25.4 Å². The standard InChI is InChI=1S/C18H22N4O3/c1-20-6-8-21(9-7-20)13-2-3-14-12(10-13)11-22(18(14)25)15-4-5-16(23)19-17(15)24/h2-3,10,15H,4-9,11H2,1H3,(H,19,23,24). The van der Waals surface area contributed by atoms with Crippen molar-refractivity contribution >= 4 is 23.4 Å². The molecule has 0 aromatic heterocycles. The van der Waals surface area contributed by atoms with Crippen molar-refractivity contribution in [3.63, 3.8) is 0 Å². The Morgan fingerprint density at radius 2 is 1.84 bits per heavy atom. The second-order valence-corrected chi connectivity index (χ2v) is 7.03. The monoisotopic (exact) mass is 342 g/mol. The second kappa shape index (κ2) is 6.15. The predicted molar refractivity (Wildman–Crippen MR) is 92.2 cm³/mol. The van der Waals surface area contributed by atoms with Gasteiger partial charge in [0.1, 0.15) is 6.04 Å². The van der Waals surface area contributed by atoms with Crippen molar-refractivity contribution < 1.29 is 14.4 Å². The highest BCUT2D eigenvalue weighted by Crippen LogP contribution is 2.30. The molecule has 1 aromatic carbocycles. The molecule has 3 amide bonds. The molecule has 1 unspecified atom stereocenters. The van der Waals surface area contributed by atoms with Crippen molar-refractivity contribution in [1.82, 2.24) is 15.1 Å². The molecule has 25 heavy (non-hydrogen) atoms. The molecule has 3 aliphatic heterocycles. The Bertz CT molecular complexity index is 740. The number of anilines is 1. The van der Waals surface area contributed by atoms with E-state index < -0.39 is 6.04 Å². The molecule has 3 aliphatic rings.